The number of benzene rings is 2. The molecule has 7 nitrogen and oxygen atoms in total. The largest absolute Gasteiger partial charge is 0.508 e. The van der Waals surface area contributed by atoms with Crippen LogP contribution >= 0.6 is 11.6 Å². The van der Waals surface area contributed by atoms with Gasteiger partial charge in [-0.3, -0.25) is 5.10 Å². The third-order valence-corrected chi connectivity index (χ3v) is 4.10. The van der Waals surface area contributed by atoms with E-state index in [1.54, 1.807) is 42.2 Å². The van der Waals surface area contributed by atoms with Gasteiger partial charge in [-0.15, -0.1) is 5.10 Å². The minimum absolute atomic E-state index is 0.202. The van der Waals surface area contributed by atoms with E-state index in [9.17, 15) is 5.11 Å². The summed E-state index contributed by atoms with van der Waals surface area (Å²) in [5, 5.41) is 25.2. The average molecular weight is 341 g/mol. The topological polar surface area (TPSA) is 91.6 Å². The number of fused-ring (bicyclic) bond motifs is 1. The van der Waals surface area contributed by atoms with E-state index in [2.05, 4.69) is 25.6 Å². The molecular weight excluding hydrogens is 328 g/mol. The lowest BCUT2D eigenvalue weighted by Crippen LogP contribution is -2.00. The van der Waals surface area contributed by atoms with E-state index in [1.165, 1.54) is 0 Å². The molecule has 3 N–H and O–H groups in total. The summed E-state index contributed by atoms with van der Waals surface area (Å²) in [5.74, 6) is 1.32. The van der Waals surface area contributed by atoms with Crippen LogP contribution in [0.3, 0.4) is 0 Å². The van der Waals surface area contributed by atoms with Crippen LogP contribution in [-0.2, 0) is 7.05 Å². The molecule has 0 fully saturated rings. The lowest BCUT2D eigenvalue weighted by molar-refractivity contribution is 0.475. The molecule has 24 heavy (non-hydrogen) atoms. The summed E-state index contributed by atoms with van der Waals surface area (Å²) in [4.78, 5) is 4.49. The van der Waals surface area contributed by atoms with Crippen LogP contribution in [0.25, 0.3) is 22.3 Å². The normalized spacial score (nSPS) is 11.1. The summed E-state index contributed by atoms with van der Waals surface area (Å²) >= 11 is 6.42. The summed E-state index contributed by atoms with van der Waals surface area (Å²) in [6.07, 6.45) is 1.68. The predicted molar refractivity (Wildman–Crippen MR) is 92.5 cm³/mol. The van der Waals surface area contributed by atoms with Crippen molar-refractivity contribution in [2.45, 2.75) is 0 Å². The number of aryl methyl sites for hydroxylation is 1. The van der Waals surface area contributed by atoms with Gasteiger partial charge in [0.1, 0.15) is 5.75 Å². The van der Waals surface area contributed by atoms with E-state index >= 15 is 0 Å². The van der Waals surface area contributed by atoms with Gasteiger partial charge in [0.2, 0.25) is 5.95 Å². The Bertz CT molecular complexity index is 1020. The third-order valence-electron chi connectivity index (χ3n) is 3.69. The van der Waals surface area contributed by atoms with Gasteiger partial charge in [0.05, 0.1) is 22.4 Å². The third kappa shape index (κ3) is 2.44. The Hall–Kier alpha value is -3.06. The zero-order chi connectivity index (χ0) is 16.7. The first kappa shape index (κ1) is 14.5. The molecule has 0 spiro atoms. The number of halogens is 1. The number of aromatic hydroxyl groups is 1. The SMILES string of the molecule is Cn1nc(-c2ccc(O)cc2)nc1Nc1ccc2[nH]ncc2c1Cl. The smallest absolute Gasteiger partial charge is 0.225 e. The number of nitrogens with one attached hydrogen (secondary N) is 2. The van der Waals surface area contributed by atoms with Gasteiger partial charge >= 0.3 is 0 Å². The van der Waals surface area contributed by atoms with Crippen molar-refractivity contribution in [1.82, 2.24) is 25.0 Å². The summed E-state index contributed by atoms with van der Waals surface area (Å²) in [5.41, 5.74) is 2.40. The lowest BCUT2D eigenvalue weighted by atomic mass is 10.2. The fraction of sp³-hybridized carbons (Fsp3) is 0.0625. The fourth-order valence-electron chi connectivity index (χ4n) is 2.43. The molecule has 2 aromatic heterocycles. The number of anilines is 2. The predicted octanol–water partition coefficient (Wildman–Crippen LogP) is 3.46. The Kier molecular flexibility index (Phi) is 3.35. The van der Waals surface area contributed by atoms with Crippen molar-refractivity contribution in [2.24, 2.45) is 7.05 Å². The van der Waals surface area contributed by atoms with E-state index in [0.717, 1.165) is 22.2 Å². The molecule has 0 bridgehead atoms. The van der Waals surface area contributed by atoms with Crippen molar-refractivity contribution in [3.05, 3.63) is 47.6 Å². The number of H-pyrrole nitrogens is 1. The van der Waals surface area contributed by atoms with Crippen LogP contribution in [0.1, 0.15) is 0 Å². The summed E-state index contributed by atoms with van der Waals surface area (Å²) in [6, 6.07) is 10.5. The van der Waals surface area contributed by atoms with Crippen LogP contribution < -0.4 is 5.32 Å². The van der Waals surface area contributed by atoms with Gasteiger partial charge in [0.15, 0.2) is 5.82 Å². The van der Waals surface area contributed by atoms with E-state index in [4.69, 9.17) is 11.6 Å². The highest BCUT2D eigenvalue weighted by atomic mass is 35.5. The van der Waals surface area contributed by atoms with Crippen LogP contribution in [-0.4, -0.2) is 30.1 Å². The molecule has 0 radical (unpaired) electrons. The molecule has 2 heterocycles. The van der Waals surface area contributed by atoms with E-state index in [-0.39, 0.29) is 5.75 Å². The molecule has 0 atom stereocenters. The van der Waals surface area contributed by atoms with Gasteiger partial charge in [0, 0.05) is 18.0 Å². The molecule has 4 rings (SSSR count). The molecule has 0 aliphatic rings. The highest BCUT2D eigenvalue weighted by molar-refractivity contribution is 6.38. The maximum absolute atomic E-state index is 9.38. The molecule has 8 heteroatoms. The Morgan fingerprint density at radius 3 is 2.75 bits per heavy atom. The molecule has 0 aliphatic heterocycles. The lowest BCUT2D eigenvalue weighted by Gasteiger charge is -2.07. The highest BCUT2D eigenvalue weighted by Crippen LogP contribution is 2.32. The van der Waals surface area contributed by atoms with Crippen molar-refractivity contribution in [1.29, 1.82) is 0 Å². The van der Waals surface area contributed by atoms with Gasteiger partial charge in [-0.05, 0) is 36.4 Å². The van der Waals surface area contributed by atoms with Crippen LogP contribution in [0, 0.1) is 0 Å². The van der Waals surface area contributed by atoms with Crippen molar-refractivity contribution in [3.63, 3.8) is 0 Å². The van der Waals surface area contributed by atoms with Gasteiger partial charge < -0.3 is 10.4 Å². The summed E-state index contributed by atoms with van der Waals surface area (Å²) in [6.45, 7) is 0. The maximum Gasteiger partial charge on any atom is 0.225 e. The Morgan fingerprint density at radius 2 is 1.96 bits per heavy atom. The number of phenols is 1. The van der Waals surface area contributed by atoms with E-state index < -0.39 is 0 Å². The molecule has 0 saturated heterocycles. The van der Waals surface area contributed by atoms with Crippen molar-refractivity contribution in [2.75, 3.05) is 5.32 Å². The number of hydrogen-bond acceptors (Lipinski definition) is 5. The first-order valence-corrected chi connectivity index (χ1v) is 7.58. The zero-order valence-corrected chi connectivity index (χ0v) is 13.4. The Labute approximate surface area is 141 Å². The van der Waals surface area contributed by atoms with Crippen molar-refractivity contribution < 1.29 is 5.11 Å². The number of hydrogen-bond donors (Lipinski definition) is 3. The van der Waals surface area contributed by atoms with Crippen LogP contribution in [0.5, 0.6) is 5.75 Å². The minimum atomic E-state index is 0.202. The second kappa shape index (κ2) is 5.54. The van der Waals surface area contributed by atoms with Gasteiger partial charge in [0.25, 0.3) is 0 Å². The first-order chi connectivity index (χ1) is 11.6. The Balaban J connectivity index is 1.69. The second-order valence-electron chi connectivity index (χ2n) is 5.31. The van der Waals surface area contributed by atoms with Gasteiger partial charge in [-0.2, -0.15) is 10.1 Å². The molecule has 0 aliphatic carbocycles. The van der Waals surface area contributed by atoms with Crippen LogP contribution in [0.2, 0.25) is 5.02 Å². The fourth-order valence-corrected chi connectivity index (χ4v) is 2.69. The van der Waals surface area contributed by atoms with Gasteiger partial charge in [-0.25, -0.2) is 4.68 Å². The molecular formula is C16H13ClN6O. The molecule has 4 aromatic rings. The summed E-state index contributed by atoms with van der Waals surface area (Å²) in [7, 11) is 1.80. The first-order valence-electron chi connectivity index (χ1n) is 7.21. The van der Waals surface area contributed by atoms with E-state index in [1.807, 2.05) is 12.1 Å². The standard InChI is InChI=1S/C16H13ClN6O/c1-23-16(20-15(22-23)9-2-4-10(24)5-3-9)19-13-7-6-12-11(14(13)17)8-18-21-12/h2-8,24H,1H3,(H,18,21)(H,19,20,22). The highest BCUT2D eigenvalue weighted by Gasteiger charge is 2.12. The maximum atomic E-state index is 9.38. The molecule has 0 saturated carbocycles. The van der Waals surface area contributed by atoms with Crippen LogP contribution in [0.15, 0.2) is 42.6 Å². The summed E-state index contributed by atoms with van der Waals surface area (Å²) < 4.78 is 1.64. The van der Waals surface area contributed by atoms with Crippen LogP contribution in [0.4, 0.5) is 11.6 Å². The van der Waals surface area contributed by atoms with Crippen molar-refractivity contribution in [3.8, 4) is 17.1 Å². The second-order valence-corrected chi connectivity index (χ2v) is 5.69. The van der Waals surface area contributed by atoms with Gasteiger partial charge in [-0.1, -0.05) is 11.6 Å². The monoisotopic (exact) mass is 340 g/mol. The molecule has 2 aromatic carbocycles. The van der Waals surface area contributed by atoms with E-state index in [0.29, 0.717) is 16.8 Å². The minimum Gasteiger partial charge on any atom is -0.508 e. The number of rotatable bonds is 3. The number of aromatic nitrogens is 5. The van der Waals surface area contributed by atoms with Crippen molar-refractivity contribution >= 4 is 34.1 Å². The number of aromatic amines is 1. The number of nitrogens with zero attached hydrogens (tertiary/aromatic N) is 4. The molecule has 0 amide bonds. The number of phenolic OH excluding ortho intramolecular Hbond substituents is 1. The Morgan fingerprint density at radius 1 is 1.17 bits per heavy atom. The molecule has 0 unspecified atom stereocenters. The molecule has 120 valence electrons. The zero-order valence-electron chi connectivity index (χ0n) is 12.7. The average Bonchev–Trinajstić information content (AvgIpc) is 3.18. The quantitative estimate of drug-likeness (QED) is 0.531.